The summed E-state index contributed by atoms with van der Waals surface area (Å²) in [6, 6.07) is 0. The quantitative estimate of drug-likeness (QED) is 0.633. The molecule has 0 atom stereocenters. The molecule has 130 valence electrons. The van der Waals surface area contributed by atoms with Crippen molar-refractivity contribution < 1.29 is 24.1 Å². The normalized spacial score (nSPS) is 20.5. The van der Waals surface area contributed by atoms with Gasteiger partial charge in [0.15, 0.2) is 5.79 Å². The summed E-state index contributed by atoms with van der Waals surface area (Å²) in [4.78, 5) is 11.5. The number of aliphatic hydroxyl groups excluding tert-OH is 1. The molecule has 0 aromatic rings. The third-order valence-electron chi connectivity index (χ3n) is 3.22. The minimum Gasteiger partial charge on any atom is -0.444 e. The smallest absolute Gasteiger partial charge is 0.407 e. The van der Waals surface area contributed by atoms with Crippen LogP contribution in [0, 0.1) is 0 Å². The van der Waals surface area contributed by atoms with Gasteiger partial charge in [0.25, 0.3) is 0 Å². The van der Waals surface area contributed by atoms with Crippen LogP contribution in [-0.4, -0.2) is 61.0 Å². The lowest BCUT2D eigenvalue weighted by Gasteiger charge is -2.43. The SMILES string of the molecule is CC(C)(C)OC(=O)NCCCNC1(CO)COC(C)(C)OC1. The van der Waals surface area contributed by atoms with Gasteiger partial charge in [-0.2, -0.15) is 0 Å². The molecule has 0 aliphatic carbocycles. The molecule has 0 saturated carbocycles. The van der Waals surface area contributed by atoms with Crippen LogP contribution in [0.25, 0.3) is 0 Å². The average Bonchev–Trinajstić information content (AvgIpc) is 2.39. The predicted molar refractivity (Wildman–Crippen MR) is 82.7 cm³/mol. The Balaban J connectivity index is 2.22. The second kappa shape index (κ2) is 7.59. The Morgan fingerprint density at radius 1 is 1.23 bits per heavy atom. The van der Waals surface area contributed by atoms with Gasteiger partial charge in [-0.15, -0.1) is 0 Å². The summed E-state index contributed by atoms with van der Waals surface area (Å²) >= 11 is 0. The topological polar surface area (TPSA) is 89.1 Å². The predicted octanol–water partition coefficient (Wildman–Crippen LogP) is 1.00. The highest BCUT2D eigenvalue weighted by molar-refractivity contribution is 5.67. The van der Waals surface area contributed by atoms with E-state index >= 15 is 0 Å². The molecule has 7 nitrogen and oxygen atoms in total. The first kappa shape index (κ1) is 19.2. The third-order valence-corrected chi connectivity index (χ3v) is 3.22. The van der Waals surface area contributed by atoms with E-state index in [0.717, 1.165) is 0 Å². The van der Waals surface area contributed by atoms with Crippen LogP contribution in [0.2, 0.25) is 0 Å². The molecule has 0 radical (unpaired) electrons. The number of ether oxygens (including phenoxy) is 3. The molecule has 7 heteroatoms. The molecule has 1 heterocycles. The molecule has 1 fully saturated rings. The average molecular weight is 318 g/mol. The zero-order valence-electron chi connectivity index (χ0n) is 14.3. The summed E-state index contributed by atoms with van der Waals surface area (Å²) in [5.74, 6) is -0.612. The Morgan fingerprint density at radius 2 is 1.82 bits per heavy atom. The number of hydrogen-bond acceptors (Lipinski definition) is 6. The second-order valence-corrected chi connectivity index (χ2v) is 7.12. The van der Waals surface area contributed by atoms with Gasteiger partial charge >= 0.3 is 6.09 Å². The van der Waals surface area contributed by atoms with Crippen molar-refractivity contribution in [2.24, 2.45) is 0 Å². The largest absolute Gasteiger partial charge is 0.444 e. The van der Waals surface area contributed by atoms with E-state index in [-0.39, 0.29) is 6.61 Å². The fourth-order valence-corrected chi connectivity index (χ4v) is 1.90. The summed E-state index contributed by atoms with van der Waals surface area (Å²) < 4.78 is 16.3. The van der Waals surface area contributed by atoms with Crippen molar-refractivity contribution in [1.29, 1.82) is 0 Å². The number of aliphatic hydroxyl groups is 1. The van der Waals surface area contributed by atoms with Crippen molar-refractivity contribution in [1.82, 2.24) is 10.6 Å². The van der Waals surface area contributed by atoms with E-state index in [1.807, 2.05) is 34.6 Å². The summed E-state index contributed by atoms with van der Waals surface area (Å²) in [6.45, 7) is 11.0. The van der Waals surface area contributed by atoms with E-state index in [0.29, 0.717) is 32.7 Å². The number of nitrogens with one attached hydrogen (secondary N) is 2. The minimum atomic E-state index is -0.612. The molecular formula is C15H30N2O5. The molecule has 3 N–H and O–H groups in total. The number of hydrogen-bond donors (Lipinski definition) is 3. The number of rotatable bonds is 6. The van der Waals surface area contributed by atoms with Crippen molar-refractivity contribution in [3.63, 3.8) is 0 Å². The van der Waals surface area contributed by atoms with Crippen LogP contribution in [0.4, 0.5) is 4.79 Å². The van der Waals surface area contributed by atoms with Gasteiger partial charge in [0.1, 0.15) is 5.60 Å². The summed E-state index contributed by atoms with van der Waals surface area (Å²) in [6.07, 6.45) is 0.292. The van der Waals surface area contributed by atoms with Gasteiger partial charge in [-0.1, -0.05) is 0 Å². The van der Waals surface area contributed by atoms with Gasteiger partial charge in [0.2, 0.25) is 0 Å². The molecule has 1 aliphatic heterocycles. The van der Waals surface area contributed by atoms with Crippen molar-refractivity contribution in [2.75, 3.05) is 32.9 Å². The van der Waals surface area contributed by atoms with Crippen molar-refractivity contribution in [3.8, 4) is 0 Å². The third kappa shape index (κ3) is 6.91. The molecule has 1 aliphatic rings. The van der Waals surface area contributed by atoms with Crippen molar-refractivity contribution in [2.45, 2.75) is 58.0 Å². The van der Waals surface area contributed by atoms with E-state index in [1.165, 1.54) is 0 Å². The standard InChI is InChI=1S/C15H30N2O5/c1-13(2,3)22-12(19)16-7-6-8-17-15(9-18)10-20-14(4,5)21-11-15/h17-18H,6-11H2,1-5H3,(H,16,19). The molecule has 0 unspecified atom stereocenters. The summed E-state index contributed by atoms with van der Waals surface area (Å²) in [7, 11) is 0. The fraction of sp³-hybridized carbons (Fsp3) is 0.933. The van der Waals surface area contributed by atoms with Crippen molar-refractivity contribution >= 4 is 6.09 Å². The molecule has 1 rings (SSSR count). The number of carbonyl (C=O) groups excluding carboxylic acids is 1. The van der Waals surface area contributed by atoms with E-state index < -0.39 is 23.0 Å². The van der Waals surface area contributed by atoms with Crippen LogP contribution in [0.15, 0.2) is 0 Å². The molecule has 0 aromatic heterocycles. The van der Waals surface area contributed by atoms with Crippen LogP contribution < -0.4 is 10.6 Å². The van der Waals surface area contributed by atoms with Crippen molar-refractivity contribution in [3.05, 3.63) is 0 Å². The molecular weight excluding hydrogens is 288 g/mol. The molecule has 0 bridgehead atoms. The number of carbonyl (C=O) groups is 1. The maximum Gasteiger partial charge on any atom is 0.407 e. The lowest BCUT2D eigenvalue weighted by molar-refractivity contribution is -0.275. The summed E-state index contributed by atoms with van der Waals surface area (Å²) in [5.41, 5.74) is -1.08. The van der Waals surface area contributed by atoms with E-state index in [2.05, 4.69) is 10.6 Å². The molecule has 1 amide bonds. The van der Waals surface area contributed by atoms with E-state index in [9.17, 15) is 9.90 Å². The Morgan fingerprint density at radius 3 is 2.32 bits per heavy atom. The fourth-order valence-electron chi connectivity index (χ4n) is 1.90. The molecule has 0 aromatic carbocycles. The molecule has 22 heavy (non-hydrogen) atoms. The minimum absolute atomic E-state index is 0.0669. The maximum absolute atomic E-state index is 11.5. The maximum atomic E-state index is 11.5. The van der Waals surface area contributed by atoms with Gasteiger partial charge in [-0.3, -0.25) is 0 Å². The highest BCUT2D eigenvalue weighted by Crippen LogP contribution is 2.23. The number of amides is 1. The van der Waals surface area contributed by atoms with Gasteiger partial charge in [-0.05, 0) is 47.6 Å². The second-order valence-electron chi connectivity index (χ2n) is 7.12. The summed E-state index contributed by atoms with van der Waals surface area (Å²) in [5, 5.41) is 15.5. The van der Waals surface area contributed by atoms with Crippen LogP contribution in [0.3, 0.4) is 0 Å². The van der Waals surface area contributed by atoms with Crippen LogP contribution in [0.5, 0.6) is 0 Å². The van der Waals surface area contributed by atoms with Crippen LogP contribution >= 0.6 is 0 Å². The van der Waals surface area contributed by atoms with Crippen LogP contribution in [-0.2, 0) is 14.2 Å². The highest BCUT2D eigenvalue weighted by Gasteiger charge is 2.39. The monoisotopic (exact) mass is 318 g/mol. The first-order valence-electron chi connectivity index (χ1n) is 7.68. The molecule has 1 saturated heterocycles. The van der Waals surface area contributed by atoms with Gasteiger partial charge in [0.05, 0.1) is 25.4 Å². The highest BCUT2D eigenvalue weighted by atomic mass is 16.7. The Labute approximate surface area is 132 Å². The van der Waals surface area contributed by atoms with Gasteiger partial charge < -0.3 is 30.0 Å². The van der Waals surface area contributed by atoms with Gasteiger partial charge in [-0.25, -0.2) is 4.79 Å². The molecule has 0 spiro atoms. The lowest BCUT2D eigenvalue weighted by atomic mass is 10.0. The Kier molecular flexibility index (Phi) is 6.61. The first-order chi connectivity index (χ1) is 10.1. The number of alkyl carbamates (subject to hydrolysis) is 1. The van der Waals surface area contributed by atoms with Crippen LogP contribution in [0.1, 0.15) is 41.0 Å². The van der Waals surface area contributed by atoms with E-state index in [4.69, 9.17) is 14.2 Å². The van der Waals surface area contributed by atoms with E-state index in [1.54, 1.807) is 0 Å². The first-order valence-corrected chi connectivity index (χ1v) is 7.68. The zero-order chi connectivity index (χ0) is 16.9. The Hall–Kier alpha value is -0.890. The Bertz CT molecular complexity index is 355. The zero-order valence-corrected chi connectivity index (χ0v) is 14.3. The van der Waals surface area contributed by atoms with Gasteiger partial charge in [0, 0.05) is 6.54 Å². The lowest BCUT2D eigenvalue weighted by Crippen LogP contribution is -2.62.